The third-order valence-corrected chi connectivity index (χ3v) is 7.34. The third kappa shape index (κ3) is 8.28. The van der Waals surface area contributed by atoms with E-state index >= 15 is 0 Å². The number of hydrogen-bond acceptors (Lipinski definition) is 7. The Kier molecular flexibility index (Phi) is 9.46. The minimum absolute atomic E-state index is 0.112. The molecular formula is C33H28ClN5O3S. The van der Waals surface area contributed by atoms with Crippen molar-refractivity contribution in [2.45, 2.75) is 13.8 Å². The number of ether oxygens (including phenoxy) is 1. The highest BCUT2D eigenvalue weighted by atomic mass is 35.5. The molecule has 0 spiro atoms. The van der Waals surface area contributed by atoms with Crippen molar-refractivity contribution < 1.29 is 14.3 Å². The second kappa shape index (κ2) is 13.8. The second-order valence-corrected chi connectivity index (χ2v) is 11.0. The number of rotatable bonds is 10. The molecule has 0 saturated carbocycles. The van der Waals surface area contributed by atoms with Gasteiger partial charge in [0.25, 0.3) is 11.8 Å². The Balaban J connectivity index is 1.08. The summed E-state index contributed by atoms with van der Waals surface area (Å²) in [6.45, 7) is 3.84. The summed E-state index contributed by atoms with van der Waals surface area (Å²) >= 11 is 7.43. The van der Waals surface area contributed by atoms with Crippen LogP contribution in [0.5, 0.6) is 5.75 Å². The highest BCUT2D eigenvalue weighted by Gasteiger charge is 2.09. The van der Waals surface area contributed by atoms with Crippen LogP contribution in [-0.4, -0.2) is 29.6 Å². The molecular weight excluding hydrogens is 582 g/mol. The standard InChI is InChI=1S/C33H28ClN5O3S/c1-21-3-16-29(22(2)17-21)37-31(40)19-42-28-14-4-23(5-15-28)18-35-39-32(41)25-8-6-24(7-9-25)30-20-43-33(38-30)36-27-12-10-26(34)11-13-27/h3-18,20H,19H2,1-2H3,(H,36,38)(H,37,40)(H,39,41)/b35-18-. The van der Waals surface area contributed by atoms with E-state index in [0.717, 1.165) is 44.5 Å². The van der Waals surface area contributed by atoms with Crippen molar-refractivity contribution in [2.24, 2.45) is 5.10 Å². The van der Waals surface area contributed by atoms with Gasteiger partial charge in [-0.2, -0.15) is 5.10 Å². The molecule has 0 aliphatic rings. The van der Waals surface area contributed by atoms with E-state index in [1.807, 2.05) is 73.8 Å². The maximum atomic E-state index is 12.6. The first-order valence-corrected chi connectivity index (χ1v) is 14.6. The average molecular weight is 610 g/mol. The fraction of sp³-hybridized carbons (Fsp3) is 0.0909. The molecule has 0 aliphatic heterocycles. The van der Waals surface area contributed by atoms with Crippen LogP contribution >= 0.6 is 22.9 Å². The molecule has 5 rings (SSSR count). The first kappa shape index (κ1) is 29.5. The maximum absolute atomic E-state index is 12.6. The SMILES string of the molecule is Cc1ccc(NC(=O)COc2ccc(/C=N\NC(=O)c3ccc(-c4csc(Nc5ccc(Cl)cc5)n4)cc3)cc2)c(C)c1. The molecule has 0 radical (unpaired) electrons. The van der Waals surface area contributed by atoms with Gasteiger partial charge in [0, 0.05) is 32.9 Å². The van der Waals surface area contributed by atoms with Crippen LogP contribution in [0, 0.1) is 13.8 Å². The van der Waals surface area contributed by atoms with Gasteiger partial charge in [0.05, 0.1) is 11.9 Å². The summed E-state index contributed by atoms with van der Waals surface area (Å²) in [5.74, 6) is -0.0261. The van der Waals surface area contributed by atoms with Crippen LogP contribution in [0.3, 0.4) is 0 Å². The molecule has 5 aromatic rings. The lowest BCUT2D eigenvalue weighted by Gasteiger charge is -2.10. The van der Waals surface area contributed by atoms with Crippen LogP contribution in [0.25, 0.3) is 11.3 Å². The minimum Gasteiger partial charge on any atom is -0.484 e. The highest BCUT2D eigenvalue weighted by molar-refractivity contribution is 7.14. The van der Waals surface area contributed by atoms with Crippen molar-refractivity contribution in [3.63, 3.8) is 0 Å². The van der Waals surface area contributed by atoms with E-state index in [9.17, 15) is 9.59 Å². The lowest BCUT2D eigenvalue weighted by Crippen LogP contribution is -2.20. The van der Waals surface area contributed by atoms with Crippen LogP contribution in [0.1, 0.15) is 27.0 Å². The number of hydrazone groups is 1. The Morgan fingerprint density at radius 3 is 2.42 bits per heavy atom. The first-order valence-electron chi connectivity index (χ1n) is 13.3. The van der Waals surface area contributed by atoms with E-state index in [1.165, 1.54) is 17.6 Å². The number of aromatic nitrogens is 1. The van der Waals surface area contributed by atoms with Gasteiger partial charge in [-0.15, -0.1) is 11.3 Å². The predicted octanol–water partition coefficient (Wildman–Crippen LogP) is 7.61. The van der Waals surface area contributed by atoms with Crippen LogP contribution in [0.15, 0.2) is 101 Å². The molecule has 0 saturated heterocycles. The Morgan fingerprint density at radius 2 is 1.70 bits per heavy atom. The number of carbonyl (C=O) groups excluding carboxylic acids is 2. The van der Waals surface area contributed by atoms with E-state index in [4.69, 9.17) is 16.3 Å². The zero-order valence-electron chi connectivity index (χ0n) is 23.4. The van der Waals surface area contributed by atoms with Gasteiger partial charge in [-0.05, 0) is 91.7 Å². The summed E-state index contributed by atoms with van der Waals surface area (Å²) in [6, 6.07) is 27.4. The van der Waals surface area contributed by atoms with E-state index in [-0.39, 0.29) is 18.4 Å². The molecule has 0 atom stereocenters. The van der Waals surface area contributed by atoms with E-state index in [2.05, 4.69) is 26.1 Å². The molecule has 0 bridgehead atoms. The molecule has 0 unspecified atom stereocenters. The number of thiazole rings is 1. The fourth-order valence-corrected chi connectivity index (χ4v) is 4.95. The van der Waals surface area contributed by atoms with Crippen molar-refractivity contribution in [1.82, 2.24) is 10.4 Å². The molecule has 10 heteroatoms. The smallest absolute Gasteiger partial charge is 0.271 e. The summed E-state index contributed by atoms with van der Waals surface area (Å²) in [7, 11) is 0. The fourth-order valence-electron chi connectivity index (χ4n) is 4.08. The summed E-state index contributed by atoms with van der Waals surface area (Å²) in [6.07, 6.45) is 1.54. The molecule has 3 N–H and O–H groups in total. The quantitative estimate of drug-likeness (QED) is 0.112. The van der Waals surface area contributed by atoms with E-state index in [0.29, 0.717) is 16.3 Å². The Morgan fingerprint density at radius 1 is 0.953 bits per heavy atom. The highest BCUT2D eigenvalue weighted by Crippen LogP contribution is 2.28. The molecule has 1 heterocycles. The summed E-state index contributed by atoms with van der Waals surface area (Å²) in [5.41, 5.74) is 9.26. The Labute approximate surface area is 258 Å². The average Bonchev–Trinajstić information content (AvgIpc) is 3.48. The molecule has 2 amide bonds. The van der Waals surface area contributed by atoms with Gasteiger partial charge in [0.2, 0.25) is 0 Å². The molecule has 8 nitrogen and oxygen atoms in total. The molecule has 0 fully saturated rings. The summed E-state index contributed by atoms with van der Waals surface area (Å²) < 4.78 is 5.59. The lowest BCUT2D eigenvalue weighted by molar-refractivity contribution is -0.118. The number of anilines is 3. The second-order valence-electron chi connectivity index (χ2n) is 9.67. The summed E-state index contributed by atoms with van der Waals surface area (Å²) in [5, 5.41) is 13.6. The molecule has 1 aromatic heterocycles. The maximum Gasteiger partial charge on any atom is 0.271 e. The largest absolute Gasteiger partial charge is 0.484 e. The van der Waals surface area contributed by atoms with Gasteiger partial charge in [-0.1, -0.05) is 41.4 Å². The van der Waals surface area contributed by atoms with E-state index in [1.54, 1.807) is 36.4 Å². The van der Waals surface area contributed by atoms with Crippen molar-refractivity contribution >= 4 is 57.5 Å². The van der Waals surface area contributed by atoms with Gasteiger partial charge in [-0.3, -0.25) is 9.59 Å². The number of nitrogens with one attached hydrogen (secondary N) is 3. The van der Waals surface area contributed by atoms with Gasteiger partial charge in [0.15, 0.2) is 11.7 Å². The van der Waals surface area contributed by atoms with Crippen LogP contribution in [-0.2, 0) is 4.79 Å². The number of benzene rings is 4. The number of nitrogens with zero attached hydrogens (tertiary/aromatic N) is 2. The zero-order valence-corrected chi connectivity index (χ0v) is 25.0. The molecule has 4 aromatic carbocycles. The molecule has 0 aliphatic carbocycles. The predicted molar refractivity (Wildman–Crippen MR) is 174 cm³/mol. The topological polar surface area (TPSA) is 105 Å². The minimum atomic E-state index is -0.332. The van der Waals surface area contributed by atoms with Gasteiger partial charge in [0.1, 0.15) is 5.75 Å². The normalized spacial score (nSPS) is 10.9. The van der Waals surface area contributed by atoms with Crippen molar-refractivity contribution in [3.8, 4) is 17.0 Å². The van der Waals surface area contributed by atoms with Crippen molar-refractivity contribution in [1.29, 1.82) is 0 Å². The zero-order chi connectivity index (χ0) is 30.2. The number of carbonyl (C=O) groups is 2. The Hall–Kier alpha value is -4.99. The number of hydrogen-bond donors (Lipinski definition) is 3. The van der Waals surface area contributed by atoms with Crippen molar-refractivity contribution in [2.75, 3.05) is 17.2 Å². The first-order chi connectivity index (χ1) is 20.8. The Bertz CT molecular complexity index is 1750. The van der Waals surface area contributed by atoms with Gasteiger partial charge >= 0.3 is 0 Å². The van der Waals surface area contributed by atoms with Crippen LogP contribution in [0.2, 0.25) is 5.02 Å². The molecule has 216 valence electrons. The van der Waals surface area contributed by atoms with Crippen LogP contribution < -0.4 is 20.8 Å². The number of aryl methyl sites for hydroxylation is 2. The van der Waals surface area contributed by atoms with Crippen molar-refractivity contribution in [3.05, 3.63) is 124 Å². The van der Waals surface area contributed by atoms with Gasteiger partial charge in [-0.25, -0.2) is 10.4 Å². The number of amides is 2. The lowest BCUT2D eigenvalue weighted by atomic mass is 10.1. The van der Waals surface area contributed by atoms with E-state index < -0.39 is 0 Å². The summed E-state index contributed by atoms with van der Waals surface area (Å²) in [4.78, 5) is 29.5. The van der Waals surface area contributed by atoms with Gasteiger partial charge < -0.3 is 15.4 Å². The third-order valence-electron chi connectivity index (χ3n) is 6.33. The van der Waals surface area contributed by atoms with Crippen LogP contribution in [0.4, 0.5) is 16.5 Å². The number of halogens is 1. The molecule has 43 heavy (non-hydrogen) atoms. The monoisotopic (exact) mass is 609 g/mol.